The maximum absolute atomic E-state index is 2.89. The van der Waals surface area contributed by atoms with Gasteiger partial charge < -0.3 is 0 Å². The van der Waals surface area contributed by atoms with Crippen LogP contribution in [0.1, 0.15) is 0 Å². The number of hydrogen-bond acceptors (Lipinski definition) is 0. The third-order valence-electron chi connectivity index (χ3n) is 0.607. The van der Waals surface area contributed by atoms with Gasteiger partial charge in [0.05, 0.1) is 0 Å². The Bertz CT molecular complexity index is 93.9. The molecule has 0 aromatic heterocycles. The van der Waals surface area contributed by atoms with Crippen LogP contribution in [0.25, 0.3) is 0 Å². The molecule has 0 fully saturated rings. The second kappa shape index (κ2) is 9.30. The van der Waals surface area contributed by atoms with Crippen LogP contribution in [0.4, 0.5) is 0 Å². The third kappa shape index (κ3) is 9.30. The minimum Gasteiger partial charge on any atom is -0.0622 e. The Morgan fingerprint density at radius 3 is 1.56 bits per heavy atom. The molecule has 1 aromatic carbocycles. The summed E-state index contributed by atoms with van der Waals surface area (Å²) in [5.74, 6) is 0. The molecule has 0 aliphatic rings. The molecule has 0 saturated carbocycles. The fourth-order valence-corrected chi connectivity index (χ4v) is 0.342. The summed E-state index contributed by atoms with van der Waals surface area (Å²) in [6, 6.07) is 12.5. The molecule has 3 heteroatoms. The molecule has 0 aliphatic heterocycles. The summed E-state index contributed by atoms with van der Waals surface area (Å²) < 4.78 is 0. The van der Waals surface area contributed by atoms with E-state index in [-0.39, 0.29) is 10.1 Å². The van der Waals surface area contributed by atoms with Crippen molar-refractivity contribution in [2.75, 3.05) is 0 Å². The van der Waals surface area contributed by atoms with Gasteiger partial charge in [-0.2, -0.15) is 0 Å². The van der Waals surface area contributed by atoms with E-state index in [0.29, 0.717) is 0 Å². The molecule has 0 nitrogen and oxygen atoms in total. The molecule has 0 unspecified atom stereocenters. The summed E-state index contributed by atoms with van der Waals surface area (Å²) in [4.78, 5) is 0. The molecule has 0 spiro atoms. The van der Waals surface area contributed by atoms with Crippen molar-refractivity contribution in [3.05, 3.63) is 36.4 Å². The Morgan fingerprint density at radius 1 is 1.00 bits per heavy atom. The van der Waals surface area contributed by atoms with E-state index in [1.165, 1.54) is 0 Å². The summed E-state index contributed by atoms with van der Waals surface area (Å²) in [6.45, 7) is 0. The topological polar surface area (TPSA) is 0 Å². The van der Waals surface area contributed by atoms with Crippen LogP contribution in [0.5, 0.6) is 0 Å². The van der Waals surface area contributed by atoms with Crippen molar-refractivity contribution in [1.29, 1.82) is 0 Å². The zero-order valence-electron chi connectivity index (χ0n) is 4.85. The average molecular weight is 396 g/mol. The molecule has 1 rings (SSSR count). The van der Waals surface area contributed by atoms with Gasteiger partial charge in [-0.15, -0.1) is 0 Å². The van der Waals surface area contributed by atoms with Crippen molar-refractivity contribution in [1.82, 2.24) is 0 Å². The van der Waals surface area contributed by atoms with Crippen molar-refractivity contribution in [2.45, 2.75) is 0 Å². The number of hydrogen-bond donors (Lipinski definition) is 0. The van der Waals surface area contributed by atoms with Crippen LogP contribution in [0.2, 0.25) is 0 Å². The van der Waals surface area contributed by atoms with Crippen molar-refractivity contribution in [3.63, 3.8) is 0 Å². The van der Waals surface area contributed by atoms with Gasteiger partial charge in [-0.1, -0.05) is 30.3 Å². The van der Waals surface area contributed by atoms with E-state index in [9.17, 15) is 0 Å². The Kier molecular flexibility index (Phi) is 10.7. The predicted molar refractivity (Wildman–Crippen MR) is 53.3 cm³/mol. The van der Waals surface area contributed by atoms with E-state index in [2.05, 4.69) is 45.6 Å². The second-order valence-electron chi connectivity index (χ2n) is 1.18. The number of benzene rings is 1. The normalized spacial score (nSPS) is 6.44. The predicted octanol–water partition coefficient (Wildman–Crippen LogP) is 3.26. The summed E-state index contributed by atoms with van der Waals surface area (Å²) >= 11 is 4.93. The van der Waals surface area contributed by atoms with E-state index < -0.39 is 0 Å². The SMILES string of the molecule is [I][Zn][I].[c]1ccccc1. The average Bonchev–Trinajstić information content (AvgIpc) is 1.93. The van der Waals surface area contributed by atoms with Crippen LogP contribution in [-0.2, 0) is 10.1 Å². The van der Waals surface area contributed by atoms with E-state index in [1.807, 2.05) is 30.3 Å². The molecule has 0 heterocycles. The van der Waals surface area contributed by atoms with Crippen molar-refractivity contribution in [3.8, 4) is 0 Å². The number of rotatable bonds is 0. The summed E-state index contributed by atoms with van der Waals surface area (Å²) in [6.07, 6.45) is 0. The summed E-state index contributed by atoms with van der Waals surface area (Å²) in [5, 5.41) is 0. The Morgan fingerprint density at radius 2 is 1.44 bits per heavy atom. The number of halogens is 2. The molecule has 0 saturated heterocycles. The van der Waals surface area contributed by atoms with Gasteiger partial charge in [0.15, 0.2) is 0 Å². The molecule has 1 aromatic rings. The molecule has 0 amide bonds. The molecule has 0 N–H and O–H groups in total. The van der Waals surface area contributed by atoms with Gasteiger partial charge in [0, 0.05) is 0 Å². The van der Waals surface area contributed by atoms with Crippen LogP contribution >= 0.6 is 39.5 Å². The van der Waals surface area contributed by atoms with E-state index in [4.69, 9.17) is 0 Å². The molecule has 45 valence electrons. The van der Waals surface area contributed by atoms with Gasteiger partial charge in [-0.05, 0) is 6.07 Å². The molecule has 9 heavy (non-hydrogen) atoms. The zero-order chi connectivity index (χ0) is 6.95. The van der Waals surface area contributed by atoms with Gasteiger partial charge in [0.2, 0.25) is 0 Å². The standard InChI is InChI=1S/C6H5.2HI.Zn/c1-2-4-6-5-3-1;;;/h1-5H;2*1H;/q;;;+2/p-2. The first kappa shape index (κ1) is 10.3. The first-order chi connectivity index (χ1) is 4.41. The largest absolute Gasteiger partial charge is 0.0622 e. The van der Waals surface area contributed by atoms with Crippen molar-refractivity contribution < 1.29 is 10.1 Å². The van der Waals surface area contributed by atoms with Crippen LogP contribution in [0.15, 0.2) is 30.3 Å². The Labute approximate surface area is 84.8 Å². The smallest absolute Gasteiger partial charge is 0.0184 e. The molecular formula is C6H5I2Zn. The second-order valence-corrected chi connectivity index (χ2v) is 24.7. The van der Waals surface area contributed by atoms with Crippen molar-refractivity contribution in [2.24, 2.45) is 0 Å². The maximum Gasteiger partial charge on any atom is -0.0184 e. The first-order valence-corrected chi connectivity index (χ1v) is 20.5. The first-order valence-electron chi connectivity index (χ1n) is 2.45. The Hall–Kier alpha value is 1.30. The molecule has 0 bridgehead atoms. The molecule has 0 aliphatic carbocycles. The van der Waals surface area contributed by atoms with E-state index in [1.54, 1.807) is 0 Å². The van der Waals surface area contributed by atoms with Crippen molar-refractivity contribution >= 4 is 39.5 Å². The fourth-order valence-electron chi connectivity index (χ4n) is 0.342. The molecule has 1 radical (unpaired) electrons. The van der Waals surface area contributed by atoms with Crippen LogP contribution in [-0.4, -0.2) is 0 Å². The van der Waals surface area contributed by atoms with Gasteiger partial charge in [0.25, 0.3) is 0 Å². The van der Waals surface area contributed by atoms with Gasteiger partial charge >= 0.3 is 49.6 Å². The molecular weight excluding hydrogens is 391 g/mol. The maximum atomic E-state index is 2.89. The van der Waals surface area contributed by atoms with E-state index >= 15 is 0 Å². The van der Waals surface area contributed by atoms with Crippen LogP contribution < -0.4 is 0 Å². The minimum atomic E-state index is 0.0650. The van der Waals surface area contributed by atoms with E-state index in [0.717, 1.165) is 0 Å². The summed E-state index contributed by atoms with van der Waals surface area (Å²) in [5.41, 5.74) is 0. The van der Waals surface area contributed by atoms with Gasteiger partial charge in [-0.25, -0.2) is 0 Å². The monoisotopic (exact) mass is 395 g/mol. The third-order valence-corrected chi connectivity index (χ3v) is 0.607. The zero-order valence-corrected chi connectivity index (χ0v) is 12.1. The fraction of sp³-hybridized carbons (Fsp3) is 0. The van der Waals surface area contributed by atoms with Gasteiger partial charge in [-0.3, -0.25) is 0 Å². The van der Waals surface area contributed by atoms with Crippen LogP contribution in [0, 0.1) is 6.07 Å². The summed E-state index contributed by atoms with van der Waals surface area (Å²) in [7, 11) is 0.0650. The quantitative estimate of drug-likeness (QED) is 0.467. The van der Waals surface area contributed by atoms with Gasteiger partial charge in [0.1, 0.15) is 0 Å². The Balaban J connectivity index is 0.000000187. The molecule has 0 atom stereocenters. The minimum absolute atomic E-state index is 0.0650. The van der Waals surface area contributed by atoms with Crippen LogP contribution in [0.3, 0.4) is 0 Å².